The highest BCUT2D eigenvalue weighted by Crippen LogP contribution is 2.34. The smallest absolute Gasteiger partial charge is 0.342 e. The third kappa shape index (κ3) is 10.1. The van der Waals surface area contributed by atoms with Crippen molar-refractivity contribution >= 4 is 11.9 Å². The molecule has 0 amide bonds. The Bertz CT molecular complexity index is 1150. The van der Waals surface area contributed by atoms with Crippen LogP contribution in [0.3, 0.4) is 0 Å². The number of carbonyl (C=O) groups is 2. The molecule has 0 heterocycles. The predicted octanol–water partition coefficient (Wildman–Crippen LogP) is 8.06. The summed E-state index contributed by atoms with van der Waals surface area (Å²) in [6.45, 7) is 3.94. The van der Waals surface area contributed by atoms with Crippen molar-refractivity contribution in [2.45, 2.75) is 116 Å². The van der Waals surface area contributed by atoms with Crippen LogP contribution in [-0.2, 0) is 9.53 Å². The van der Waals surface area contributed by atoms with Crippen LogP contribution in [-0.4, -0.2) is 29.1 Å². The Hall–Kier alpha value is -3.07. The van der Waals surface area contributed by atoms with Crippen molar-refractivity contribution in [3.05, 3.63) is 58.9 Å². The molecule has 2 aromatic rings. The van der Waals surface area contributed by atoms with Gasteiger partial charge in [-0.3, -0.25) is 4.79 Å². The normalized spacial score (nSPS) is 15.3. The number of phenols is 1. The lowest BCUT2D eigenvalue weighted by molar-refractivity contribution is -0.134. The fourth-order valence-electron chi connectivity index (χ4n) is 5.27. The number of halogens is 3. The number of ether oxygens (including phenoxy) is 2. The van der Waals surface area contributed by atoms with Gasteiger partial charge < -0.3 is 19.9 Å². The van der Waals surface area contributed by atoms with Gasteiger partial charge in [0.05, 0.1) is 0 Å². The molecule has 41 heavy (non-hydrogen) atoms. The molecule has 0 saturated heterocycles. The van der Waals surface area contributed by atoms with E-state index in [-0.39, 0.29) is 24.0 Å². The van der Waals surface area contributed by atoms with Crippen molar-refractivity contribution in [2.75, 3.05) is 0 Å². The zero-order chi connectivity index (χ0) is 29.8. The zero-order valence-corrected chi connectivity index (χ0v) is 24.0. The number of unbranched alkanes of at least 4 members (excludes halogenated alkanes) is 6. The lowest BCUT2D eigenvalue weighted by atomic mass is 9.93. The monoisotopic (exact) mass is 577 g/mol. The van der Waals surface area contributed by atoms with Crippen LogP contribution in [0.1, 0.15) is 119 Å². The van der Waals surface area contributed by atoms with Crippen LogP contribution in [0.25, 0.3) is 0 Å². The maximum absolute atomic E-state index is 14.3. The number of aromatic hydroxyl groups is 1. The second kappa shape index (κ2) is 16.4. The standard InChI is InChI=1S/C32H42F3NO5/c1-3-4-5-6-7-8-12-15-29(38)40-28-17-16-22(18-27(28)37)31(21(2)36-24-13-10-9-11-14-24)41-32(39)25-19-23(33)20-26(34)30(25)35/h16-21,24,31,36-37H,3-15H2,1-2H3. The van der Waals surface area contributed by atoms with Crippen LogP contribution in [0.5, 0.6) is 11.5 Å². The number of hydrogen-bond donors (Lipinski definition) is 2. The lowest BCUT2D eigenvalue weighted by Crippen LogP contribution is -2.42. The van der Waals surface area contributed by atoms with E-state index in [1.807, 2.05) is 0 Å². The molecule has 1 saturated carbocycles. The van der Waals surface area contributed by atoms with Crippen molar-refractivity contribution in [3.8, 4) is 11.5 Å². The summed E-state index contributed by atoms with van der Waals surface area (Å²) >= 11 is 0. The Balaban J connectivity index is 1.71. The molecule has 0 radical (unpaired) electrons. The minimum absolute atomic E-state index is 0.0297. The first-order valence-electron chi connectivity index (χ1n) is 14.8. The van der Waals surface area contributed by atoms with Gasteiger partial charge in [-0.25, -0.2) is 18.0 Å². The van der Waals surface area contributed by atoms with E-state index < -0.39 is 47.1 Å². The molecule has 9 heteroatoms. The lowest BCUT2D eigenvalue weighted by Gasteiger charge is -2.31. The molecule has 0 bridgehead atoms. The Morgan fingerprint density at radius 2 is 1.66 bits per heavy atom. The number of rotatable bonds is 15. The Kier molecular flexibility index (Phi) is 13.0. The van der Waals surface area contributed by atoms with Crippen LogP contribution < -0.4 is 10.1 Å². The van der Waals surface area contributed by atoms with Gasteiger partial charge in [0, 0.05) is 24.6 Å². The number of nitrogens with one attached hydrogen (secondary N) is 1. The molecule has 2 unspecified atom stereocenters. The van der Waals surface area contributed by atoms with Gasteiger partial charge >= 0.3 is 11.9 Å². The number of hydrogen-bond acceptors (Lipinski definition) is 6. The van der Waals surface area contributed by atoms with Gasteiger partial charge in [-0.15, -0.1) is 0 Å². The summed E-state index contributed by atoms with van der Waals surface area (Å²) in [5.41, 5.74) is -0.520. The van der Waals surface area contributed by atoms with E-state index in [2.05, 4.69) is 12.2 Å². The van der Waals surface area contributed by atoms with E-state index in [1.54, 1.807) is 6.92 Å². The summed E-state index contributed by atoms with van der Waals surface area (Å²) in [6, 6.07) is 4.87. The fourth-order valence-corrected chi connectivity index (χ4v) is 5.27. The highest BCUT2D eigenvalue weighted by Gasteiger charge is 2.30. The van der Waals surface area contributed by atoms with E-state index in [1.165, 1.54) is 37.5 Å². The molecular formula is C32H42F3NO5. The molecule has 2 atom stereocenters. The number of phenolic OH excluding ortho intramolecular Hbond substituents is 1. The summed E-state index contributed by atoms with van der Waals surface area (Å²) in [5, 5.41) is 14.1. The van der Waals surface area contributed by atoms with Crippen molar-refractivity contribution in [3.63, 3.8) is 0 Å². The maximum Gasteiger partial charge on any atom is 0.342 e. The maximum atomic E-state index is 14.3. The van der Waals surface area contributed by atoms with Crippen molar-refractivity contribution in [2.24, 2.45) is 0 Å². The summed E-state index contributed by atoms with van der Waals surface area (Å²) in [7, 11) is 0. The molecule has 1 fully saturated rings. The van der Waals surface area contributed by atoms with Gasteiger partial charge in [-0.1, -0.05) is 70.8 Å². The van der Waals surface area contributed by atoms with Gasteiger partial charge in [0.25, 0.3) is 0 Å². The largest absolute Gasteiger partial charge is 0.504 e. The number of benzene rings is 2. The zero-order valence-electron chi connectivity index (χ0n) is 24.0. The molecule has 3 rings (SSSR count). The highest BCUT2D eigenvalue weighted by atomic mass is 19.2. The van der Waals surface area contributed by atoms with Crippen LogP contribution in [0.4, 0.5) is 13.2 Å². The molecule has 226 valence electrons. The van der Waals surface area contributed by atoms with Crippen molar-refractivity contribution in [1.29, 1.82) is 0 Å². The van der Waals surface area contributed by atoms with E-state index in [9.17, 15) is 27.9 Å². The average molecular weight is 578 g/mol. The van der Waals surface area contributed by atoms with Gasteiger partial charge in [-0.2, -0.15) is 0 Å². The van der Waals surface area contributed by atoms with E-state index in [0.29, 0.717) is 24.1 Å². The Morgan fingerprint density at radius 3 is 2.34 bits per heavy atom. The molecule has 6 nitrogen and oxygen atoms in total. The third-order valence-electron chi connectivity index (χ3n) is 7.52. The first-order valence-corrected chi connectivity index (χ1v) is 14.8. The summed E-state index contributed by atoms with van der Waals surface area (Å²) < 4.78 is 52.8. The quantitative estimate of drug-likeness (QED) is 0.0964. The second-order valence-electron chi connectivity index (χ2n) is 10.9. The average Bonchev–Trinajstić information content (AvgIpc) is 2.94. The third-order valence-corrected chi connectivity index (χ3v) is 7.52. The predicted molar refractivity (Wildman–Crippen MR) is 150 cm³/mol. The molecule has 0 spiro atoms. The van der Waals surface area contributed by atoms with Gasteiger partial charge in [0.2, 0.25) is 0 Å². The number of carbonyl (C=O) groups excluding carboxylic acids is 2. The molecule has 2 N–H and O–H groups in total. The molecule has 1 aliphatic rings. The fraction of sp³-hybridized carbons (Fsp3) is 0.562. The Labute approximate surface area is 240 Å². The molecule has 0 aromatic heterocycles. The molecular weight excluding hydrogens is 535 g/mol. The first-order chi connectivity index (χ1) is 19.7. The minimum Gasteiger partial charge on any atom is -0.504 e. The van der Waals surface area contributed by atoms with Crippen LogP contribution >= 0.6 is 0 Å². The minimum atomic E-state index is -1.51. The van der Waals surface area contributed by atoms with Gasteiger partial charge in [0.1, 0.15) is 17.5 Å². The molecule has 1 aliphatic carbocycles. The Morgan fingerprint density at radius 1 is 0.976 bits per heavy atom. The van der Waals surface area contributed by atoms with Gasteiger partial charge in [0.15, 0.2) is 23.1 Å². The van der Waals surface area contributed by atoms with Crippen LogP contribution in [0.15, 0.2) is 30.3 Å². The summed E-state index contributed by atoms with van der Waals surface area (Å²) in [6.07, 6.45) is 11.7. The van der Waals surface area contributed by atoms with Gasteiger partial charge in [-0.05, 0) is 49.9 Å². The first kappa shape index (κ1) is 32.4. The number of esters is 2. The van der Waals surface area contributed by atoms with Crippen LogP contribution in [0.2, 0.25) is 0 Å². The van der Waals surface area contributed by atoms with Crippen molar-refractivity contribution < 1.29 is 37.3 Å². The summed E-state index contributed by atoms with van der Waals surface area (Å²) in [4.78, 5) is 25.2. The molecule has 0 aliphatic heterocycles. The summed E-state index contributed by atoms with van der Waals surface area (Å²) in [5.74, 6) is -6.17. The molecule has 2 aromatic carbocycles. The van der Waals surface area contributed by atoms with Crippen molar-refractivity contribution in [1.82, 2.24) is 5.32 Å². The highest BCUT2D eigenvalue weighted by molar-refractivity contribution is 5.90. The second-order valence-corrected chi connectivity index (χ2v) is 10.9. The van der Waals surface area contributed by atoms with Crippen LogP contribution in [0, 0.1) is 17.5 Å². The SMILES string of the molecule is CCCCCCCCCC(=O)Oc1ccc(C(OC(=O)c2cc(F)cc(F)c2F)C(C)NC2CCCCC2)cc1O. The van der Waals surface area contributed by atoms with E-state index >= 15 is 0 Å². The van der Waals surface area contributed by atoms with E-state index in [0.717, 1.165) is 51.4 Å². The topological polar surface area (TPSA) is 84.9 Å². The van der Waals surface area contributed by atoms with E-state index in [4.69, 9.17) is 9.47 Å².